The van der Waals surface area contributed by atoms with Crippen LogP contribution in [-0.2, 0) is 6.42 Å². The van der Waals surface area contributed by atoms with Gasteiger partial charge in [-0.15, -0.1) is 0 Å². The van der Waals surface area contributed by atoms with Gasteiger partial charge in [0.15, 0.2) is 0 Å². The maximum absolute atomic E-state index is 4.44. The molecular formula is C16H22BrN3. The molecular weight excluding hydrogens is 314 g/mol. The van der Waals surface area contributed by atoms with Crippen molar-refractivity contribution in [2.45, 2.75) is 39.7 Å². The Morgan fingerprint density at radius 2 is 2.15 bits per heavy atom. The predicted molar refractivity (Wildman–Crippen MR) is 87.4 cm³/mol. The molecule has 0 radical (unpaired) electrons. The molecule has 2 rings (SSSR count). The largest absolute Gasteiger partial charge is 0.310 e. The maximum atomic E-state index is 4.44. The Morgan fingerprint density at radius 1 is 1.35 bits per heavy atom. The zero-order valence-electron chi connectivity index (χ0n) is 12.4. The smallest absolute Gasteiger partial charge is 0.113 e. The van der Waals surface area contributed by atoms with Gasteiger partial charge in [0.1, 0.15) is 5.82 Å². The van der Waals surface area contributed by atoms with Gasteiger partial charge in [-0.3, -0.25) is 0 Å². The summed E-state index contributed by atoms with van der Waals surface area (Å²) in [5.41, 5.74) is 2.44. The van der Waals surface area contributed by atoms with Gasteiger partial charge < -0.3 is 9.88 Å². The average molecular weight is 336 g/mol. The van der Waals surface area contributed by atoms with E-state index >= 15 is 0 Å². The van der Waals surface area contributed by atoms with Crippen molar-refractivity contribution in [3.8, 4) is 5.69 Å². The Hall–Kier alpha value is -1.13. The molecule has 4 heteroatoms. The fourth-order valence-corrected chi connectivity index (χ4v) is 2.96. The number of nitrogens with zero attached hydrogens (tertiary/aromatic N) is 2. The molecule has 0 bridgehead atoms. The molecule has 0 amide bonds. The van der Waals surface area contributed by atoms with Crippen molar-refractivity contribution < 1.29 is 0 Å². The third-order valence-electron chi connectivity index (χ3n) is 3.43. The van der Waals surface area contributed by atoms with E-state index in [2.05, 4.69) is 69.8 Å². The molecule has 1 heterocycles. The molecule has 1 aromatic heterocycles. The van der Waals surface area contributed by atoms with Gasteiger partial charge in [-0.1, -0.05) is 19.9 Å². The van der Waals surface area contributed by atoms with E-state index in [-0.39, 0.29) is 0 Å². The fourth-order valence-electron chi connectivity index (χ4n) is 2.37. The second kappa shape index (κ2) is 7.04. The number of aryl methyl sites for hydroxylation is 1. The van der Waals surface area contributed by atoms with E-state index in [4.69, 9.17) is 0 Å². The Kier molecular flexibility index (Phi) is 5.38. The summed E-state index contributed by atoms with van der Waals surface area (Å²) >= 11 is 3.70. The van der Waals surface area contributed by atoms with Gasteiger partial charge in [-0.25, -0.2) is 4.98 Å². The maximum Gasteiger partial charge on any atom is 0.113 e. The first-order valence-electron chi connectivity index (χ1n) is 7.22. The minimum absolute atomic E-state index is 0.364. The molecule has 0 fully saturated rings. The fraction of sp³-hybridized carbons (Fsp3) is 0.438. The van der Waals surface area contributed by atoms with Gasteiger partial charge in [0.05, 0.1) is 5.69 Å². The molecule has 0 spiro atoms. The van der Waals surface area contributed by atoms with E-state index in [0.717, 1.165) is 35.4 Å². The van der Waals surface area contributed by atoms with Gasteiger partial charge in [0.25, 0.3) is 0 Å². The molecule has 0 aliphatic carbocycles. The highest BCUT2D eigenvalue weighted by Gasteiger charge is 2.10. The van der Waals surface area contributed by atoms with Crippen LogP contribution in [0.5, 0.6) is 0 Å². The number of imidazole rings is 1. The second-order valence-corrected chi connectivity index (χ2v) is 5.81. The van der Waals surface area contributed by atoms with E-state index in [1.165, 1.54) is 5.56 Å². The summed E-state index contributed by atoms with van der Waals surface area (Å²) in [6.45, 7) is 7.46. The number of benzene rings is 1. The molecule has 0 aliphatic heterocycles. The topological polar surface area (TPSA) is 29.9 Å². The van der Waals surface area contributed by atoms with Gasteiger partial charge in [-0.2, -0.15) is 0 Å². The molecule has 108 valence electrons. The number of nitrogens with one attached hydrogen (secondary N) is 1. The second-order valence-electron chi connectivity index (χ2n) is 4.95. The van der Waals surface area contributed by atoms with Crippen molar-refractivity contribution in [3.05, 3.63) is 46.5 Å². The van der Waals surface area contributed by atoms with Crippen molar-refractivity contribution in [1.29, 1.82) is 0 Å². The molecule has 1 aromatic carbocycles. The standard InChI is InChI=1S/C16H22BrN3/c1-4-6-16-19-9-10-20(16)15-8-7-13(11-14(15)17)12(3)18-5-2/h7-12,18H,4-6H2,1-3H3. The average Bonchev–Trinajstić information content (AvgIpc) is 2.87. The highest BCUT2D eigenvalue weighted by atomic mass is 79.9. The third-order valence-corrected chi connectivity index (χ3v) is 4.07. The lowest BCUT2D eigenvalue weighted by Crippen LogP contribution is -2.17. The summed E-state index contributed by atoms with van der Waals surface area (Å²) in [6, 6.07) is 6.90. The summed E-state index contributed by atoms with van der Waals surface area (Å²) in [6.07, 6.45) is 5.99. The highest BCUT2D eigenvalue weighted by Crippen LogP contribution is 2.26. The SMILES string of the molecule is CCCc1nccn1-c1ccc(C(C)NCC)cc1Br. The van der Waals surface area contributed by atoms with Crippen LogP contribution in [0.2, 0.25) is 0 Å². The normalized spacial score (nSPS) is 12.6. The van der Waals surface area contributed by atoms with E-state index in [1.807, 2.05) is 12.4 Å². The van der Waals surface area contributed by atoms with E-state index in [9.17, 15) is 0 Å². The number of rotatable bonds is 6. The molecule has 0 aliphatic rings. The van der Waals surface area contributed by atoms with E-state index in [0.29, 0.717) is 6.04 Å². The van der Waals surface area contributed by atoms with Crippen molar-refractivity contribution in [1.82, 2.24) is 14.9 Å². The van der Waals surface area contributed by atoms with Crippen LogP contribution in [0.15, 0.2) is 35.1 Å². The van der Waals surface area contributed by atoms with Crippen molar-refractivity contribution >= 4 is 15.9 Å². The molecule has 0 saturated heterocycles. The minimum Gasteiger partial charge on any atom is -0.310 e. The lowest BCUT2D eigenvalue weighted by atomic mass is 10.1. The van der Waals surface area contributed by atoms with Crippen LogP contribution in [0.1, 0.15) is 44.6 Å². The molecule has 20 heavy (non-hydrogen) atoms. The number of hydrogen-bond donors (Lipinski definition) is 1. The Balaban J connectivity index is 2.32. The quantitative estimate of drug-likeness (QED) is 0.854. The molecule has 2 aromatic rings. The van der Waals surface area contributed by atoms with Crippen LogP contribution < -0.4 is 5.32 Å². The molecule has 1 N–H and O–H groups in total. The van der Waals surface area contributed by atoms with Gasteiger partial charge in [0.2, 0.25) is 0 Å². The summed E-state index contributed by atoms with van der Waals surface area (Å²) in [7, 11) is 0. The summed E-state index contributed by atoms with van der Waals surface area (Å²) < 4.78 is 3.27. The molecule has 1 unspecified atom stereocenters. The summed E-state index contributed by atoms with van der Waals surface area (Å²) in [5.74, 6) is 1.11. The van der Waals surface area contributed by atoms with Gasteiger partial charge >= 0.3 is 0 Å². The minimum atomic E-state index is 0.364. The molecule has 3 nitrogen and oxygen atoms in total. The van der Waals surface area contributed by atoms with Crippen molar-refractivity contribution in [2.75, 3.05) is 6.54 Å². The third kappa shape index (κ3) is 3.30. The van der Waals surface area contributed by atoms with Gasteiger partial charge in [-0.05, 0) is 53.5 Å². The molecule has 1 atom stereocenters. The lowest BCUT2D eigenvalue weighted by Gasteiger charge is -2.16. The number of aromatic nitrogens is 2. The van der Waals surface area contributed by atoms with Crippen molar-refractivity contribution in [2.24, 2.45) is 0 Å². The van der Waals surface area contributed by atoms with Gasteiger partial charge in [0, 0.05) is 29.3 Å². The van der Waals surface area contributed by atoms with Crippen LogP contribution in [-0.4, -0.2) is 16.1 Å². The van der Waals surface area contributed by atoms with E-state index in [1.54, 1.807) is 0 Å². The highest BCUT2D eigenvalue weighted by molar-refractivity contribution is 9.10. The van der Waals surface area contributed by atoms with Crippen LogP contribution in [0, 0.1) is 0 Å². The lowest BCUT2D eigenvalue weighted by molar-refractivity contribution is 0.598. The zero-order chi connectivity index (χ0) is 14.5. The first kappa shape index (κ1) is 15.3. The Labute approximate surface area is 129 Å². The first-order chi connectivity index (χ1) is 9.67. The van der Waals surface area contributed by atoms with Crippen molar-refractivity contribution in [3.63, 3.8) is 0 Å². The van der Waals surface area contributed by atoms with Crippen LogP contribution >= 0.6 is 15.9 Å². The first-order valence-corrected chi connectivity index (χ1v) is 8.02. The van der Waals surface area contributed by atoms with Crippen LogP contribution in [0.25, 0.3) is 5.69 Å². The van der Waals surface area contributed by atoms with E-state index < -0.39 is 0 Å². The monoisotopic (exact) mass is 335 g/mol. The Bertz CT molecular complexity index is 563. The summed E-state index contributed by atoms with van der Waals surface area (Å²) in [5, 5.41) is 3.43. The van der Waals surface area contributed by atoms with Crippen LogP contribution in [0.3, 0.4) is 0 Å². The zero-order valence-corrected chi connectivity index (χ0v) is 13.9. The Morgan fingerprint density at radius 3 is 2.80 bits per heavy atom. The molecule has 0 saturated carbocycles. The number of halogens is 1. The summed E-state index contributed by atoms with van der Waals surface area (Å²) in [4.78, 5) is 4.44. The van der Waals surface area contributed by atoms with Crippen LogP contribution in [0.4, 0.5) is 0 Å². The predicted octanol–water partition coefficient (Wildman–Crippen LogP) is 4.26. The number of hydrogen-bond acceptors (Lipinski definition) is 2.